The van der Waals surface area contributed by atoms with Crippen LogP contribution in [-0.4, -0.2) is 23.2 Å². The standard InChI is InChI=1S/C64H76Cl2N2O2S4/c1-5-9-13-17-19-23-40-69-49-31-27-45(28-32-49)60-61(46-29-33-50(34-30-46)70-41-24-20-18-14-10-6-2)68-62-52(67-60)44-51(65)59(66)58(62)57-43-48(26-22-16-12-8-4)64(74-57)56-38-36-54(73-56)53-35-37-55(72-53)63-47(39-42-71-63)25-21-15-11-7-3/h27-39,42-44H,5-26,40-41H2,1-4H3. The smallest absolute Gasteiger partial charge is 0.119 e. The van der Waals surface area contributed by atoms with Gasteiger partial charge >= 0.3 is 0 Å². The van der Waals surface area contributed by atoms with E-state index < -0.39 is 0 Å². The second kappa shape index (κ2) is 29.5. The highest BCUT2D eigenvalue weighted by molar-refractivity contribution is 7.29. The Morgan fingerprint density at radius 3 is 1.46 bits per heavy atom. The van der Waals surface area contributed by atoms with Crippen LogP contribution in [0, 0.1) is 0 Å². The van der Waals surface area contributed by atoms with Crippen molar-refractivity contribution in [3.05, 3.63) is 118 Å². The minimum atomic E-state index is 0.466. The number of thiophene rings is 4. The molecule has 0 aliphatic rings. The maximum atomic E-state index is 7.40. The summed E-state index contributed by atoms with van der Waals surface area (Å²) < 4.78 is 12.5. The van der Waals surface area contributed by atoms with Crippen molar-refractivity contribution in [2.75, 3.05) is 13.2 Å². The zero-order chi connectivity index (χ0) is 51.5. The average molecular weight is 1100 g/mol. The van der Waals surface area contributed by atoms with Crippen molar-refractivity contribution in [1.29, 1.82) is 0 Å². The topological polar surface area (TPSA) is 44.2 Å². The predicted octanol–water partition coefficient (Wildman–Crippen LogP) is 22.9. The molecule has 0 aliphatic carbocycles. The van der Waals surface area contributed by atoms with Gasteiger partial charge in [-0.15, -0.1) is 45.3 Å². The van der Waals surface area contributed by atoms with Crippen LogP contribution in [0.2, 0.25) is 10.0 Å². The Balaban J connectivity index is 1.13. The molecular weight excluding hydrogens is 1030 g/mol. The molecule has 0 bridgehead atoms. The van der Waals surface area contributed by atoms with E-state index >= 15 is 0 Å². The van der Waals surface area contributed by atoms with E-state index in [1.54, 1.807) is 11.3 Å². The molecule has 0 saturated heterocycles. The van der Waals surface area contributed by atoms with Gasteiger partial charge in [-0.05, 0) is 146 Å². The normalized spacial score (nSPS) is 11.6. The fourth-order valence-corrected chi connectivity index (χ4v) is 14.8. The molecule has 5 heterocycles. The van der Waals surface area contributed by atoms with Crippen LogP contribution in [0.1, 0.15) is 167 Å². The maximum absolute atomic E-state index is 7.40. The molecule has 0 fully saturated rings. The molecule has 4 nitrogen and oxygen atoms in total. The highest BCUT2D eigenvalue weighted by Gasteiger charge is 2.24. The summed E-state index contributed by atoms with van der Waals surface area (Å²) in [6.45, 7) is 10.5. The lowest BCUT2D eigenvalue weighted by Crippen LogP contribution is -2.00. The van der Waals surface area contributed by atoms with Gasteiger partial charge in [-0.3, -0.25) is 0 Å². The van der Waals surface area contributed by atoms with Crippen LogP contribution in [0.5, 0.6) is 11.5 Å². The lowest BCUT2D eigenvalue weighted by Gasteiger charge is -2.15. The van der Waals surface area contributed by atoms with Gasteiger partial charge in [0.05, 0.1) is 45.7 Å². The van der Waals surface area contributed by atoms with Crippen LogP contribution in [-0.2, 0) is 12.8 Å². The van der Waals surface area contributed by atoms with Crippen molar-refractivity contribution in [3.8, 4) is 73.7 Å². The average Bonchev–Trinajstić information content (AvgIpc) is 4.27. The molecule has 0 N–H and O–H groups in total. The van der Waals surface area contributed by atoms with Gasteiger partial charge in [0.15, 0.2) is 0 Å². The molecule has 8 rings (SSSR count). The van der Waals surface area contributed by atoms with Crippen molar-refractivity contribution in [2.24, 2.45) is 0 Å². The molecule has 5 aromatic heterocycles. The number of fused-ring (bicyclic) bond motifs is 1. The number of nitrogens with zero attached hydrogens (tertiary/aromatic N) is 2. The number of unbranched alkanes of at least 4 members (excludes halogenated alkanes) is 16. The van der Waals surface area contributed by atoms with Gasteiger partial charge in [0.1, 0.15) is 11.5 Å². The molecule has 0 atom stereocenters. The zero-order valence-corrected chi connectivity index (χ0v) is 49.1. The number of ether oxygens (including phenoxy) is 2. The fourth-order valence-electron chi connectivity index (χ4n) is 9.69. The van der Waals surface area contributed by atoms with Crippen LogP contribution in [0.25, 0.3) is 73.3 Å². The minimum Gasteiger partial charge on any atom is -0.494 e. The quantitative estimate of drug-likeness (QED) is 0.0394. The molecule has 0 unspecified atom stereocenters. The highest BCUT2D eigenvalue weighted by atomic mass is 35.5. The molecule has 10 heteroatoms. The van der Waals surface area contributed by atoms with Crippen molar-refractivity contribution in [2.45, 2.75) is 169 Å². The van der Waals surface area contributed by atoms with E-state index in [2.05, 4.69) is 118 Å². The van der Waals surface area contributed by atoms with E-state index in [-0.39, 0.29) is 0 Å². The van der Waals surface area contributed by atoms with Crippen LogP contribution in [0.3, 0.4) is 0 Å². The molecule has 0 amide bonds. The van der Waals surface area contributed by atoms with E-state index in [9.17, 15) is 0 Å². The zero-order valence-electron chi connectivity index (χ0n) is 44.3. The van der Waals surface area contributed by atoms with Crippen LogP contribution >= 0.6 is 68.5 Å². The van der Waals surface area contributed by atoms with E-state index in [1.165, 1.54) is 150 Å². The molecular formula is C64H76Cl2N2O2S4. The Bertz CT molecular complexity index is 2950. The molecule has 0 saturated carbocycles. The monoisotopic (exact) mass is 1100 g/mol. The van der Waals surface area contributed by atoms with Gasteiger partial charge in [-0.1, -0.05) is 154 Å². The van der Waals surface area contributed by atoms with Gasteiger partial charge in [-0.25, -0.2) is 9.97 Å². The second-order valence-corrected chi connectivity index (χ2v) is 24.7. The third kappa shape index (κ3) is 15.1. The number of hydrogen-bond acceptors (Lipinski definition) is 8. The summed E-state index contributed by atoms with van der Waals surface area (Å²) in [7, 11) is 0. The predicted molar refractivity (Wildman–Crippen MR) is 327 cm³/mol. The lowest BCUT2D eigenvalue weighted by atomic mass is 10.0. The Hall–Kier alpha value is -4.02. The largest absolute Gasteiger partial charge is 0.494 e. The van der Waals surface area contributed by atoms with Crippen molar-refractivity contribution < 1.29 is 9.47 Å². The summed E-state index contributed by atoms with van der Waals surface area (Å²) in [6.07, 6.45) is 26.8. The van der Waals surface area contributed by atoms with Crippen LogP contribution in [0.4, 0.5) is 0 Å². The van der Waals surface area contributed by atoms with Gasteiger partial charge in [0.25, 0.3) is 0 Å². The van der Waals surface area contributed by atoms with Crippen molar-refractivity contribution in [3.63, 3.8) is 0 Å². The van der Waals surface area contributed by atoms with Gasteiger partial charge in [-0.2, -0.15) is 0 Å². The van der Waals surface area contributed by atoms with Crippen molar-refractivity contribution >= 4 is 79.6 Å². The SMILES string of the molecule is CCCCCCCCOc1ccc(-c2nc3cc(Cl)c(Cl)c(-c4cc(CCCCCC)c(-c5ccc(-c6ccc(-c7sccc7CCCCCC)s6)s5)s4)c3nc2-c2ccc(OCCCCCCCC)cc2)cc1. The van der Waals surface area contributed by atoms with E-state index in [0.717, 1.165) is 82.1 Å². The molecule has 74 heavy (non-hydrogen) atoms. The molecule has 0 spiro atoms. The Labute approximate surface area is 469 Å². The Morgan fingerprint density at radius 1 is 0.432 bits per heavy atom. The third-order valence-corrected chi connectivity index (χ3v) is 19.6. The van der Waals surface area contributed by atoms with E-state index in [4.69, 9.17) is 42.6 Å². The third-order valence-electron chi connectivity index (χ3n) is 13.9. The molecule has 0 aliphatic heterocycles. The van der Waals surface area contributed by atoms with E-state index in [1.807, 2.05) is 40.1 Å². The fraction of sp³-hybridized carbons (Fsp3) is 0.438. The number of aromatic nitrogens is 2. The summed E-state index contributed by atoms with van der Waals surface area (Å²) in [5.74, 6) is 1.72. The minimum absolute atomic E-state index is 0.466. The van der Waals surface area contributed by atoms with Crippen LogP contribution < -0.4 is 9.47 Å². The Morgan fingerprint density at radius 2 is 0.905 bits per heavy atom. The van der Waals surface area contributed by atoms with Crippen LogP contribution in [0.15, 0.2) is 96.4 Å². The number of benzene rings is 3. The number of aryl methyl sites for hydroxylation is 2. The summed E-state index contributed by atoms with van der Waals surface area (Å²) in [4.78, 5) is 20.1. The number of halogens is 2. The summed E-state index contributed by atoms with van der Waals surface area (Å²) in [5, 5.41) is 3.23. The highest BCUT2D eigenvalue weighted by Crippen LogP contribution is 2.50. The van der Waals surface area contributed by atoms with Crippen molar-refractivity contribution in [1.82, 2.24) is 9.97 Å². The Kier molecular flexibility index (Phi) is 22.4. The first-order valence-corrected chi connectivity index (χ1v) is 32.0. The van der Waals surface area contributed by atoms with Gasteiger partial charge < -0.3 is 9.47 Å². The lowest BCUT2D eigenvalue weighted by molar-refractivity contribution is 0.304. The number of hydrogen-bond donors (Lipinski definition) is 0. The van der Waals surface area contributed by atoms with Gasteiger partial charge in [0, 0.05) is 50.8 Å². The van der Waals surface area contributed by atoms with E-state index in [0.29, 0.717) is 28.8 Å². The summed E-state index contributed by atoms with van der Waals surface area (Å²) in [5.41, 5.74) is 8.57. The maximum Gasteiger partial charge on any atom is 0.119 e. The molecule has 392 valence electrons. The first-order valence-electron chi connectivity index (χ1n) is 27.9. The second-order valence-electron chi connectivity index (χ2n) is 19.8. The first-order chi connectivity index (χ1) is 36.4. The molecule has 3 aromatic carbocycles. The van der Waals surface area contributed by atoms with Gasteiger partial charge in [0.2, 0.25) is 0 Å². The molecule has 0 radical (unpaired) electrons. The summed E-state index contributed by atoms with van der Waals surface area (Å²) in [6, 6.07) is 32.5. The number of rotatable bonds is 32. The summed E-state index contributed by atoms with van der Waals surface area (Å²) >= 11 is 22.0. The molecule has 8 aromatic rings. The first kappa shape index (κ1) is 56.2.